The first kappa shape index (κ1) is 18.3. The second-order valence-electron chi connectivity index (χ2n) is 6.11. The fourth-order valence-electron chi connectivity index (χ4n) is 2.72. The van der Waals surface area contributed by atoms with Gasteiger partial charge in [-0.2, -0.15) is 4.72 Å². The zero-order chi connectivity index (χ0) is 18.7. The molecule has 0 bridgehead atoms. The van der Waals surface area contributed by atoms with Crippen LogP contribution in [-0.4, -0.2) is 23.1 Å². The van der Waals surface area contributed by atoms with Gasteiger partial charge >= 0.3 is 0 Å². The second-order valence-corrected chi connectivity index (χ2v) is 7.82. The molecule has 1 aromatic heterocycles. The van der Waals surface area contributed by atoms with Gasteiger partial charge in [0.1, 0.15) is 11.9 Å². The third-order valence-corrected chi connectivity index (χ3v) is 5.63. The van der Waals surface area contributed by atoms with E-state index < -0.39 is 22.2 Å². The van der Waals surface area contributed by atoms with Crippen LogP contribution in [0.4, 0.5) is 0 Å². The van der Waals surface area contributed by atoms with Gasteiger partial charge in [0, 0.05) is 19.4 Å². The van der Waals surface area contributed by atoms with Gasteiger partial charge in [0.05, 0.1) is 11.0 Å². The molecule has 0 saturated carbocycles. The molecule has 0 saturated heterocycles. The molecule has 2 aromatic carbocycles. The van der Waals surface area contributed by atoms with Crippen molar-refractivity contribution in [3.8, 4) is 0 Å². The Morgan fingerprint density at radius 3 is 2.23 bits per heavy atom. The van der Waals surface area contributed by atoms with Crippen molar-refractivity contribution in [2.24, 2.45) is 7.05 Å². The molecule has 1 heterocycles. The van der Waals surface area contributed by atoms with Crippen LogP contribution >= 0.6 is 0 Å². The first-order chi connectivity index (χ1) is 12.4. The molecule has 0 fully saturated rings. The Balaban J connectivity index is 1.97. The summed E-state index contributed by atoms with van der Waals surface area (Å²) in [5, 5.41) is 9.59. The van der Waals surface area contributed by atoms with Gasteiger partial charge in [-0.05, 0) is 30.2 Å². The second kappa shape index (κ2) is 7.41. The van der Waals surface area contributed by atoms with Gasteiger partial charge in [-0.25, -0.2) is 13.4 Å². The number of nitrogens with zero attached hydrogens (tertiary/aromatic N) is 2. The van der Waals surface area contributed by atoms with E-state index in [1.165, 1.54) is 12.1 Å². The van der Waals surface area contributed by atoms with E-state index >= 15 is 0 Å². The lowest BCUT2D eigenvalue weighted by atomic mass is 10.1. The molecular formula is C19H21N3O3S. The van der Waals surface area contributed by atoms with Crippen LogP contribution in [0.25, 0.3) is 0 Å². The van der Waals surface area contributed by atoms with Crippen LogP contribution in [-0.2, 0) is 17.1 Å². The summed E-state index contributed by atoms with van der Waals surface area (Å²) in [7, 11) is -1.95. The summed E-state index contributed by atoms with van der Waals surface area (Å²) in [5.41, 5.74) is 1.46. The normalized spacial score (nSPS) is 14.1. The van der Waals surface area contributed by atoms with E-state index in [-0.39, 0.29) is 4.90 Å². The van der Waals surface area contributed by atoms with Crippen LogP contribution in [0, 0.1) is 0 Å². The lowest BCUT2D eigenvalue weighted by Gasteiger charge is -2.19. The van der Waals surface area contributed by atoms with Crippen LogP contribution in [0.2, 0.25) is 0 Å². The van der Waals surface area contributed by atoms with Gasteiger partial charge in [0.2, 0.25) is 10.0 Å². The lowest BCUT2D eigenvalue weighted by molar-refractivity contribution is 0.199. The Labute approximate surface area is 153 Å². The lowest BCUT2D eigenvalue weighted by Crippen LogP contribution is -2.31. The quantitative estimate of drug-likeness (QED) is 0.697. The van der Waals surface area contributed by atoms with E-state index in [1.807, 2.05) is 37.4 Å². The molecule has 0 aliphatic carbocycles. The largest absolute Gasteiger partial charge is 0.389 e. The van der Waals surface area contributed by atoms with E-state index in [2.05, 4.69) is 9.71 Å². The number of rotatable bonds is 6. The topological polar surface area (TPSA) is 84.2 Å². The van der Waals surface area contributed by atoms with Crippen LogP contribution in [0.3, 0.4) is 0 Å². The van der Waals surface area contributed by atoms with Crippen molar-refractivity contribution >= 4 is 10.0 Å². The summed E-state index contributed by atoms with van der Waals surface area (Å²) in [6.07, 6.45) is 2.76. The molecule has 6 nitrogen and oxygen atoms in total. The maximum atomic E-state index is 12.9. The SMILES string of the molecule is C[C@@H](O)c1ccc(S(=O)(=O)N[C@@H](c2ccccc2)c2nccn2C)cc1. The van der Waals surface area contributed by atoms with Crippen molar-refractivity contribution in [2.75, 3.05) is 0 Å². The maximum Gasteiger partial charge on any atom is 0.241 e. The fourth-order valence-corrected chi connectivity index (χ4v) is 3.90. The predicted molar refractivity (Wildman–Crippen MR) is 98.9 cm³/mol. The number of nitrogens with one attached hydrogen (secondary N) is 1. The number of hydrogen-bond donors (Lipinski definition) is 2. The molecule has 0 aliphatic heterocycles. The minimum atomic E-state index is -3.78. The third-order valence-electron chi connectivity index (χ3n) is 4.20. The molecule has 2 N–H and O–H groups in total. The zero-order valence-corrected chi connectivity index (χ0v) is 15.4. The van der Waals surface area contributed by atoms with E-state index in [0.717, 1.165) is 5.56 Å². The summed E-state index contributed by atoms with van der Waals surface area (Å²) in [6.45, 7) is 1.63. The van der Waals surface area contributed by atoms with Crippen molar-refractivity contribution in [3.63, 3.8) is 0 Å². The molecule has 26 heavy (non-hydrogen) atoms. The highest BCUT2D eigenvalue weighted by Gasteiger charge is 2.25. The van der Waals surface area contributed by atoms with Crippen LogP contribution in [0.15, 0.2) is 71.9 Å². The number of hydrogen-bond acceptors (Lipinski definition) is 4. The predicted octanol–water partition coefficient (Wildman–Crippen LogP) is 2.54. The molecule has 0 amide bonds. The fraction of sp³-hybridized carbons (Fsp3) is 0.211. The average molecular weight is 371 g/mol. The molecule has 0 spiro atoms. The zero-order valence-electron chi connectivity index (χ0n) is 14.6. The van der Waals surface area contributed by atoms with Crippen LogP contribution < -0.4 is 4.72 Å². The maximum absolute atomic E-state index is 12.9. The van der Waals surface area contributed by atoms with Crippen molar-refractivity contribution in [1.29, 1.82) is 0 Å². The summed E-state index contributed by atoms with van der Waals surface area (Å²) in [4.78, 5) is 4.45. The first-order valence-corrected chi connectivity index (χ1v) is 9.69. The van der Waals surface area contributed by atoms with Gasteiger partial charge in [0.15, 0.2) is 0 Å². The number of aliphatic hydroxyl groups is 1. The number of imidazole rings is 1. The minimum Gasteiger partial charge on any atom is -0.389 e. The van der Waals surface area contributed by atoms with Gasteiger partial charge in [0.25, 0.3) is 0 Å². The first-order valence-electron chi connectivity index (χ1n) is 8.21. The highest BCUT2D eigenvalue weighted by Crippen LogP contribution is 2.24. The Hall–Kier alpha value is -2.48. The summed E-state index contributed by atoms with van der Waals surface area (Å²) < 4.78 is 30.3. The van der Waals surface area contributed by atoms with E-state index in [0.29, 0.717) is 11.4 Å². The van der Waals surface area contributed by atoms with Crippen molar-refractivity contribution in [3.05, 3.63) is 83.9 Å². The Morgan fingerprint density at radius 2 is 1.69 bits per heavy atom. The van der Waals surface area contributed by atoms with Crippen LogP contribution in [0.5, 0.6) is 0 Å². The number of sulfonamides is 1. The highest BCUT2D eigenvalue weighted by molar-refractivity contribution is 7.89. The molecule has 0 aliphatic rings. The van der Waals surface area contributed by atoms with Crippen LogP contribution in [0.1, 0.15) is 36.0 Å². The summed E-state index contributed by atoms with van der Waals surface area (Å²) in [6, 6.07) is 14.9. The molecule has 3 aromatic rings. The molecular weight excluding hydrogens is 350 g/mol. The van der Waals surface area contributed by atoms with E-state index in [1.54, 1.807) is 36.0 Å². The van der Waals surface area contributed by atoms with Gasteiger partial charge in [-0.1, -0.05) is 42.5 Å². The Bertz CT molecular complexity index is 965. The standard InChI is InChI=1S/C19H21N3O3S/c1-14(23)15-8-10-17(11-9-15)26(24,25)21-18(16-6-4-3-5-7-16)19-20-12-13-22(19)2/h3-14,18,21,23H,1-2H3/t14-,18+/m1/s1. The van der Waals surface area contributed by atoms with Crippen molar-refractivity contribution in [1.82, 2.24) is 14.3 Å². The smallest absolute Gasteiger partial charge is 0.241 e. The number of aliphatic hydroxyl groups excluding tert-OH is 1. The number of aromatic nitrogens is 2. The monoisotopic (exact) mass is 371 g/mol. The molecule has 0 unspecified atom stereocenters. The molecule has 3 rings (SSSR count). The number of benzene rings is 2. The third kappa shape index (κ3) is 3.85. The van der Waals surface area contributed by atoms with E-state index in [9.17, 15) is 13.5 Å². The summed E-state index contributed by atoms with van der Waals surface area (Å²) >= 11 is 0. The highest BCUT2D eigenvalue weighted by atomic mass is 32.2. The number of aryl methyl sites for hydroxylation is 1. The average Bonchev–Trinajstić information content (AvgIpc) is 3.06. The van der Waals surface area contributed by atoms with Gasteiger partial charge in [-0.3, -0.25) is 0 Å². The van der Waals surface area contributed by atoms with Crippen molar-refractivity contribution in [2.45, 2.75) is 24.0 Å². The van der Waals surface area contributed by atoms with Gasteiger partial charge < -0.3 is 9.67 Å². The molecule has 136 valence electrons. The summed E-state index contributed by atoms with van der Waals surface area (Å²) in [5.74, 6) is 0.598. The minimum absolute atomic E-state index is 0.136. The Kier molecular flexibility index (Phi) is 5.22. The van der Waals surface area contributed by atoms with E-state index in [4.69, 9.17) is 0 Å². The molecule has 2 atom stereocenters. The Morgan fingerprint density at radius 1 is 1.04 bits per heavy atom. The molecule has 0 radical (unpaired) electrons. The molecule has 7 heteroatoms. The van der Waals surface area contributed by atoms with Gasteiger partial charge in [-0.15, -0.1) is 0 Å². The van der Waals surface area contributed by atoms with Crippen molar-refractivity contribution < 1.29 is 13.5 Å².